The van der Waals surface area contributed by atoms with Gasteiger partial charge in [-0.15, -0.1) is 0 Å². The highest BCUT2D eigenvalue weighted by molar-refractivity contribution is 4.32. The van der Waals surface area contributed by atoms with Crippen molar-refractivity contribution in [3.63, 3.8) is 0 Å². The van der Waals surface area contributed by atoms with E-state index in [1.807, 2.05) is 27.7 Å². The lowest BCUT2D eigenvalue weighted by Gasteiger charge is -1.81. The van der Waals surface area contributed by atoms with Crippen LogP contribution >= 0.6 is 0 Å². The SMILES string of the molecule is CC(C)N.CC(C)N.OO. The van der Waals surface area contributed by atoms with E-state index in [1.54, 1.807) is 0 Å². The second-order valence-corrected chi connectivity index (χ2v) is 2.49. The van der Waals surface area contributed by atoms with Crippen molar-refractivity contribution in [1.82, 2.24) is 0 Å². The van der Waals surface area contributed by atoms with Gasteiger partial charge in [0.05, 0.1) is 0 Å². The van der Waals surface area contributed by atoms with Gasteiger partial charge in [-0.3, -0.25) is 10.5 Å². The maximum Gasteiger partial charge on any atom is -0.00179 e. The minimum absolute atomic E-state index is 0.333. The predicted octanol–water partition coefficient (Wildman–Crippen LogP) is 0.724. The second kappa shape index (κ2) is 15.9. The molecular formula is C6H20N2O2. The molecule has 0 aliphatic rings. The molecule has 0 fully saturated rings. The Morgan fingerprint density at radius 1 is 0.800 bits per heavy atom. The summed E-state index contributed by atoms with van der Waals surface area (Å²) < 4.78 is 0. The molecule has 10 heavy (non-hydrogen) atoms. The van der Waals surface area contributed by atoms with Gasteiger partial charge in [-0.1, -0.05) is 27.7 Å². The molecule has 0 saturated carbocycles. The van der Waals surface area contributed by atoms with Crippen LogP contribution in [-0.2, 0) is 0 Å². The molecule has 0 atom stereocenters. The summed E-state index contributed by atoms with van der Waals surface area (Å²) in [6.07, 6.45) is 0. The summed E-state index contributed by atoms with van der Waals surface area (Å²) in [6.45, 7) is 7.78. The number of nitrogens with two attached hydrogens (primary N) is 2. The van der Waals surface area contributed by atoms with Crippen LogP contribution in [-0.4, -0.2) is 22.6 Å². The normalized spacial score (nSPS) is 7.80. The zero-order valence-corrected chi connectivity index (χ0v) is 7.20. The van der Waals surface area contributed by atoms with E-state index in [2.05, 4.69) is 0 Å². The molecule has 0 spiro atoms. The number of hydrogen-bond acceptors (Lipinski definition) is 4. The lowest BCUT2D eigenvalue weighted by molar-refractivity contribution is -0.176. The van der Waals surface area contributed by atoms with E-state index in [9.17, 15) is 0 Å². The first-order valence-corrected chi connectivity index (χ1v) is 3.18. The molecule has 0 aromatic carbocycles. The van der Waals surface area contributed by atoms with E-state index in [-0.39, 0.29) is 0 Å². The van der Waals surface area contributed by atoms with Crippen molar-refractivity contribution < 1.29 is 10.5 Å². The highest BCUT2D eigenvalue weighted by Crippen LogP contribution is 1.58. The van der Waals surface area contributed by atoms with Gasteiger partial charge in [-0.05, 0) is 12.1 Å². The third-order valence-electron chi connectivity index (χ3n) is 0. The van der Waals surface area contributed by atoms with Crippen LogP contribution in [0.25, 0.3) is 0 Å². The minimum atomic E-state index is 0.333. The van der Waals surface area contributed by atoms with Crippen LogP contribution < -0.4 is 11.5 Å². The smallest absolute Gasteiger partial charge is 0.00179 e. The molecule has 0 unspecified atom stereocenters. The molecule has 0 aromatic heterocycles. The van der Waals surface area contributed by atoms with Gasteiger partial charge in [-0.25, -0.2) is 0 Å². The molecule has 4 heteroatoms. The molecule has 6 N–H and O–H groups in total. The molecule has 0 aliphatic heterocycles. The first kappa shape index (κ1) is 16.4. The minimum Gasteiger partial charge on any atom is -0.328 e. The fraction of sp³-hybridized carbons (Fsp3) is 1.00. The first-order valence-electron chi connectivity index (χ1n) is 3.18. The van der Waals surface area contributed by atoms with Gasteiger partial charge in [0.25, 0.3) is 0 Å². The van der Waals surface area contributed by atoms with Crippen LogP contribution in [0.15, 0.2) is 0 Å². The van der Waals surface area contributed by atoms with Crippen LogP contribution in [0.3, 0.4) is 0 Å². The van der Waals surface area contributed by atoms with Crippen molar-refractivity contribution in [1.29, 1.82) is 0 Å². The molecule has 66 valence electrons. The van der Waals surface area contributed by atoms with Gasteiger partial charge >= 0.3 is 0 Å². The van der Waals surface area contributed by atoms with Gasteiger partial charge in [0.15, 0.2) is 0 Å². The van der Waals surface area contributed by atoms with Crippen molar-refractivity contribution in [3.05, 3.63) is 0 Å². The Balaban J connectivity index is -0.0000000787. The summed E-state index contributed by atoms with van der Waals surface area (Å²) >= 11 is 0. The Morgan fingerprint density at radius 2 is 0.800 bits per heavy atom. The van der Waals surface area contributed by atoms with Crippen molar-refractivity contribution >= 4 is 0 Å². The predicted molar refractivity (Wildman–Crippen MR) is 43.9 cm³/mol. The third-order valence-corrected chi connectivity index (χ3v) is 0. The molecule has 0 aliphatic carbocycles. The Morgan fingerprint density at radius 3 is 0.800 bits per heavy atom. The van der Waals surface area contributed by atoms with Crippen LogP contribution in [0.1, 0.15) is 27.7 Å². The maximum atomic E-state index is 6.00. The largest absolute Gasteiger partial charge is 0.328 e. The zero-order valence-electron chi connectivity index (χ0n) is 7.20. The number of hydrogen-bond donors (Lipinski definition) is 4. The monoisotopic (exact) mass is 152 g/mol. The van der Waals surface area contributed by atoms with Gasteiger partial charge < -0.3 is 11.5 Å². The Bertz CT molecular complexity index is 29.2. The molecule has 0 rings (SSSR count). The summed E-state index contributed by atoms with van der Waals surface area (Å²) in [5, 5.41) is 12.0. The highest BCUT2D eigenvalue weighted by Gasteiger charge is 1.67. The molecular weight excluding hydrogens is 132 g/mol. The fourth-order valence-corrected chi connectivity index (χ4v) is 0. The molecule has 4 nitrogen and oxygen atoms in total. The quantitative estimate of drug-likeness (QED) is 0.304. The van der Waals surface area contributed by atoms with E-state index in [0.717, 1.165) is 0 Å². The van der Waals surface area contributed by atoms with Crippen LogP contribution in [0.2, 0.25) is 0 Å². The summed E-state index contributed by atoms with van der Waals surface area (Å²) in [6, 6.07) is 0.667. The highest BCUT2D eigenvalue weighted by atomic mass is 17.0. The zero-order chi connectivity index (χ0) is 9.15. The summed E-state index contributed by atoms with van der Waals surface area (Å²) in [4.78, 5) is 0. The van der Waals surface area contributed by atoms with E-state index < -0.39 is 0 Å². The third kappa shape index (κ3) is 14300. The van der Waals surface area contributed by atoms with E-state index in [1.165, 1.54) is 0 Å². The maximum absolute atomic E-state index is 6.00. The van der Waals surface area contributed by atoms with Crippen LogP contribution in [0.5, 0.6) is 0 Å². The standard InChI is InChI=1S/2C3H9N.H2O2/c2*1-3(2)4;1-2/h2*3H,4H2,1-2H3;1-2H. The Kier molecular flexibility index (Phi) is 26.2. The lowest BCUT2D eigenvalue weighted by atomic mass is 10.4. The van der Waals surface area contributed by atoms with Gasteiger partial charge in [-0.2, -0.15) is 0 Å². The summed E-state index contributed by atoms with van der Waals surface area (Å²) in [5.74, 6) is 0. The molecule has 0 radical (unpaired) electrons. The molecule has 0 aromatic rings. The molecule has 0 bridgehead atoms. The summed E-state index contributed by atoms with van der Waals surface area (Å²) in [7, 11) is 0. The lowest BCUT2D eigenvalue weighted by Crippen LogP contribution is -2.07. The van der Waals surface area contributed by atoms with Crippen molar-refractivity contribution in [2.75, 3.05) is 0 Å². The average molecular weight is 152 g/mol. The van der Waals surface area contributed by atoms with Crippen molar-refractivity contribution in [2.24, 2.45) is 11.5 Å². The topological polar surface area (TPSA) is 92.5 Å². The van der Waals surface area contributed by atoms with Crippen LogP contribution in [0, 0.1) is 0 Å². The fourth-order valence-electron chi connectivity index (χ4n) is 0. The van der Waals surface area contributed by atoms with Gasteiger partial charge in [0.2, 0.25) is 0 Å². The first-order chi connectivity index (χ1) is 4.46. The Labute approximate surface area is 62.8 Å². The molecule has 0 heterocycles. The van der Waals surface area contributed by atoms with Crippen LogP contribution in [0.4, 0.5) is 0 Å². The second-order valence-electron chi connectivity index (χ2n) is 2.49. The molecule has 0 amide bonds. The van der Waals surface area contributed by atoms with Gasteiger partial charge in [0, 0.05) is 0 Å². The van der Waals surface area contributed by atoms with Crippen molar-refractivity contribution in [3.8, 4) is 0 Å². The summed E-state index contributed by atoms with van der Waals surface area (Å²) in [5.41, 5.74) is 10.2. The molecule has 0 saturated heterocycles. The van der Waals surface area contributed by atoms with E-state index in [4.69, 9.17) is 22.0 Å². The average Bonchev–Trinajstić information content (AvgIpc) is 1.66. The van der Waals surface area contributed by atoms with E-state index in [0.29, 0.717) is 12.1 Å². The number of rotatable bonds is 0. The Hall–Kier alpha value is -0.160. The van der Waals surface area contributed by atoms with Gasteiger partial charge in [0.1, 0.15) is 0 Å². The van der Waals surface area contributed by atoms with Crippen molar-refractivity contribution in [2.45, 2.75) is 39.8 Å². The van der Waals surface area contributed by atoms with E-state index >= 15 is 0 Å².